The zero-order chi connectivity index (χ0) is 15.8. The molecule has 1 aromatic heterocycles. The van der Waals surface area contributed by atoms with E-state index in [4.69, 9.17) is 4.98 Å². The van der Waals surface area contributed by atoms with Gasteiger partial charge in [-0.1, -0.05) is 36.4 Å². The largest absolute Gasteiger partial charge is 0.305 e. The molecule has 0 spiro atoms. The van der Waals surface area contributed by atoms with Crippen molar-refractivity contribution in [1.29, 1.82) is 0 Å². The molecule has 1 aliphatic heterocycles. The monoisotopic (exact) mass is 302 g/mol. The van der Waals surface area contributed by atoms with Crippen molar-refractivity contribution in [3.63, 3.8) is 0 Å². The van der Waals surface area contributed by atoms with Crippen LogP contribution in [0.3, 0.4) is 0 Å². The van der Waals surface area contributed by atoms with E-state index in [1.165, 1.54) is 11.3 Å². The van der Waals surface area contributed by atoms with Crippen LogP contribution in [0, 0.1) is 13.8 Å². The highest BCUT2D eigenvalue weighted by atomic mass is 15.4. The van der Waals surface area contributed by atoms with Gasteiger partial charge in [0.1, 0.15) is 6.67 Å². The number of aromatic nitrogens is 2. The van der Waals surface area contributed by atoms with Gasteiger partial charge in [0.25, 0.3) is 0 Å². The Morgan fingerprint density at radius 1 is 0.826 bits per heavy atom. The second kappa shape index (κ2) is 5.39. The van der Waals surface area contributed by atoms with Crippen molar-refractivity contribution in [2.24, 2.45) is 0 Å². The molecule has 0 saturated carbocycles. The molecule has 2 aromatic carbocycles. The molecule has 114 valence electrons. The molecule has 3 aromatic rings. The van der Waals surface area contributed by atoms with E-state index in [9.17, 15) is 0 Å². The molecule has 0 fully saturated rings. The lowest BCUT2D eigenvalue weighted by molar-refractivity contribution is 0.970. The Morgan fingerprint density at radius 2 is 1.57 bits per heavy atom. The van der Waals surface area contributed by atoms with Crippen LogP contribution in [0.15, 0.2) is 60.8 Å². The Morgan fingerprint density at radius 3 is 2.35 bits per heavy atom. The fourth-order valence-corrected chi connectivity index (χ4v) is 2.97. The van der Waals surface area contributed by atoms with Gasteiger partial charge in [-0.2, -0.15) is 0 Å². The molecule has 0 amide bonds. The second-order valence-corrected chi connectivity index (χ2v) is 5.78. The van der Waals surface area contributed by atoms with Crippen LogP contribution in [0.1, 0.15) is 11.3 Å². The van der Waals surface area contributed by atoms with Gasteiger partial charge in [0, 0.05) is 11.4 Å². The molecular weight excluding hydrogens is 284 g/mol. The maximum absolute atomic E-state index is 4.75. The number of aryl methyl sites for hydroxylation is 2. The summed E-state index contributed by atoms with van der Waals surface area (Å²) < 4.78 is 0. The van der Waals surface area contributed by atoms with E-state index in [-0.39, 0.29) is 0 Å². The zero-order valence-corrected chi connectivity index (χ0v) is 13.3. The molecule has 0 N–H and O–H groups in total. The van der Waals surface area contributed by atoms with Crippen LogP contribution >= 0.6 is 0 Å². The first-order chi connectivity index (χ1) is 11.2. The lowest BCUT2D eigenvalue weighted by atomic mass is 10.2. The maximum atomic E-state index is 4.75. The van der Waals surface area contributed by atoms with Crippen molar-refractivity contribution in [1.82, 2.24) is 9.97 Å². The number of hydrogen-bond donors (Lipinski definition) is 0. The lowest BCUT2D eigenvalue weighted by Crippen LogP contribution is -2.24. The van der Waals surface area contributed by atoms with E-state index < -0.39 is 0 Å². The summed E-state index contributed by atoms with van der Waals surface area (Å²) in [6.07, 6.45) is 1.83. The molecule has 1 aliphatic rings. The topological polar surface area (TPSA) is 32.3 Å². The van der Waals surface area contributed by atoms with Crippen LogP contribution in [0.4, 0.5) is 23.0 Å². The molecule has 2 heterocycles. The zero-order valence-electron chi connectivity index (χ0n) is 13.3. The standard InChI is InChI=1S/C19H18N4/c1-14-8-6-7-11-17(14)23-13-22(16-9-4-3-5-10-16)18-19(23)21-15(2)12-20-18/h3-12H,13H2,1-2H3. The minimum Gasteiger partial charge on any atom is -0.305 e. The number of fused-ring (bicyclic) bond motifs is 1. The van der Waals surface area contributed by atoms with Crippen LogP contribution in [-0.2, 0) is 0 Å². The first-order valence-corrected chi connectivity index (χ1v) is 7.73. The molecule has 0 unspecified atom stereocenters. The predicted octanol–water partition coefficient (Wildman–Crippen LogP) is 4.34. The minimum atomic E-state index is 0.716. The molecule has 0 atom stereocenters. The number of nitrogens with zero attached hydrogens (tertiary/aromatic N) is 4. The molecule has 4 nitrogen and oxygen atoms in total. The van der Waals surface area contributed by atoms with Gasteiger partial charge in [-0.15, -0.1) is 0 Å². The van der Waals surface area contributed by atoms with Gasteiger partial charge in [-0.05, 0) is 37.6 Å². The fraction of sp³-hybridized carbons (Fsp3) is 0.158. The first-order valence-electron chi connectivity index (χ1n) is 7.73. The van der Waals surface area contributed by atoms with E-state index >= 15 is 0 Å². The Balaban J connectivity index is 1.85. The Labute approximate surface area is 136 Å². The van der Waals surface area contributed by atoms with Crippen molar-refractivity contribution >= 4 is 23.0 Å². The third-order valence-corrected chi connectivity index (χ3v) is 4.12. The fourth-order valence-electron chi connectivity index (χ4n) is 2.97. The molecule has 0 aliphatic carbocycles. The average Bonchev–Trinajstić information content (AvgIpc) is 2.94. The van der Waals surface area contributed by atoms with Crippen LogP contribution < -0.4 is 9.80 Å². The van der Waals surface area contributed by atoms with E-state index in [2.05, 4.69) is 58.1 Å². The third-order valence-electron chi connectivity index (χ3n) is 4.12. The molecule has 4 heteroatoms. The van der Waals surface area contributed by atoms with Crippen molar-refractivity contribution in [3.05, 3.63) is 72.1 Å². The van der Waals surface area contributed by atoms with E-state index in [0.29, 0.717) is 6.67 Å². The van der Waals surface area contributed by atoms with E-state index in [1.807, 2.05) is 31.3 Å². The van der Waals surface area contributed by atoms with Gasteiger partial charge in [-0.3, -0.25) is 0 Å². The van der Waals surface area contributed by atoms with Crippen molar-refractivity contribution in [2.75, 3.05) is 16.5 Å². The van der Waals surface area contributed by atoms with Crippen molar-refractivity contribution < 1.29 is 0 Å². The highest BCUT2D eigenvalue weighted by molar-refractivity contribution is 5.82. The number of benzene rings is 2. The summed E-state index contributed by atoms with van der Waals surface area (Å²) in [7, 11) is 0. The molecule has 0 saturated heterocycles. The van der Waals surface area contributed by atoms with Crippen LogP contribution in [0.5, 0.6) is 0 Å². The Hall–Kier alpha value is -2.88. The summed E-state index contributed by atoms with van der Waals surface area (Å²) in [5.41, 5.74) is 4.46. The number of para-hydroxylation sites is 2. The number of rotatable bonds is 2. The normalized spacial score (nSPS) is 13.3. The van der Waals surface area contributed by atoms with Gasteiger partial charge in [0.2, 0.25) is 0 Å². The molecule has 23 heavy (non-hydrogen) atoms. The number of anilines is 4. The van der Waals surface area contributed by atoms with Gasteiger partial charge >= 0.3 is 0 Å². The summed E-state index contributed by atoms with van der Waals surface area (Å²) in [6.45, 7) is 4.82. The third kappa shape index (κ3) is 2.32. The SMILES string of the molecule is Cc1cnc2c(n1)N(c1ccccc1C)CN2c1ccccc1. The lowest BCUT2D eigenvalue weighted by Gasteiger charge is -2.22. The highest BCUT2D eigenvalue weighted by Gasteiger charge is 2.31. The summed E-state index contributed by atoms with van der Waals surface area (Å²) in [5.74, 6) is 1.83. The molecular formula is C19H18N4. The highest BCUT2D eigenvalue weighted by Crippen LogP contribution is 2.42. The second-order valence-electron chi connectivity index (χ2n) is 5.78. The Bertz CT molecular complexity index is 845. The summed E-state index contributed by atoms with van der Waals surface area (Å²) >= 11 is 0. The average molecular weight is 302 g/mol. The summed E-state index contributed by atoms with van der Waals surface area (Å²) in [4.78, 5) is 13.8. The van der Waals surface area contributed by atoms with Gasteiger partial charge in [-0.25, -0.2) is 9.97 Å². The minimum absolute atomic E-state index is 0.716. The number of hydrogen-bond acceptors (Lipinski definition) is 4. The van der Waals surface area contributed by atoms with Gasteiger partial charge in [0.05, 0.1) is 11.9 Å². The van der Waals surface area contributed by atoms with E-state index in [0.717, 1.165) is 23.0 Å². The molecule has 0 bridgehead atoms. The van der Waals surface area contributed by atoms with Crippen LogP contribution in [-0.4, -0.2) is 16.6 Å². The van der Waals surface area contributed by atoms with Gasteiger partial charge < -0.3 is 9.80 Å². The van der Waals surface area contributed by atoms with Crippen molar-refractivity contribution in [2.45, 2.75) is 13.8 Å². The molecule has 0 radical (unpaired) electrons. The van der Waals surface area contributed by atoms with Crippen LogP contribution in [0.25, 0.3) is 0 Å². The van der Waals surface area contributed by atoms with Crippen molar-refractivity contribution in [3.8, 4) is 0 Å². The predicted molar refractivity (Wildman–Crippen MR) is 93.5 cm³/mol. The summed E-state index contributed by atoms with van der Waals surface area (Å²) in [6, 6.07) is 18.7. The quantitative estimate of drug-likeness (QED) is 0.705. The Kier molecular flexibility index (Phi) is 3.23. The first kappa shape index (κ1) is 13.8. The van der Waals surface area contributed by atoms with Gasteiger partial charge in [0.15, 0.2) is 11.6 Å². The van der Waals surface area contributed by atoms with E-state index in [1.54, 1.807) is 0 Å². The van der Waals surface area contributed by atoms with Crippen LogP contribution in [0.2, 0.25) is 0 Å². The molecule has 4 rings (SSSR count). The smallest absolute Gasteiger partial charge is 0.178 e. The maximum Gasteiger partial charge on any atom is 0.178 e. The summed E-state index contributed by atoms with van der Waals surface area (Å²) in [5, 5.41) is 0.